The van der Waals surface area contributed by atoms with E-state index in [1.165, 1.54) is 24.0 Å². The Hall–Kier alpha value is -1.41. The normalized spacial score (nSPS) is 21.9. The van der Waals surface area contributed by atoms with Crippen molar-refractivity contribution in [2.75, 3.05) is 0 Å². The lowest BCUT2D eigenvalue weighted by Gasteiger charge is -2.34. The topological polar surface area (TPSA) is 17.1 Å². The van der Waals surface area contributed by atoms with Gasteiger partial charge in [-0.2, -0.15) is 0 Å². The van der Waals surface area contributed by atoms with Gasteiger partial charge in [0, 0.05) is 9.80 Å². The molecule has 1 aromatic carbocycles. The number of hydrogen-bond acceptors (Lipinski definition) is 1. The summed E-state index contributed by atoms with van der Waals surface area (Å²) in [5, 5.41) is 0. The van der Waals surface area contributed by atoms with E-state index >= 15 is 0 Å². The number of rotatable bonds is 4. The highest BCUT2D eigenvalue weighted by molar-refractivity contribution is 7.89. The van der Waals surface area contributed by atoms with Gasteiger partial charge in [0.2, 0.25) is 0 Å². The minimum atomic E-state index is -1.07. The second-order valence-electron chi connectivity index (χ2n) is 6.49. The fourth-order valence-corrected chi connectivity index (χ4v) is 4.18. The largest absolute Gasteiger partial charge is 0.249 e. The Kier molecular flexibility index (Phi) is 5.57. The predicted molar refractivity (Wildman–Crippen MR) is 96.1 cm³/mol. The summed E-state index contributed by atoms with van der Waals surface area (Å²) in [5.74, 6) is 0. The molecule has 1 atom stereocenters. The summed E-state index contributed by atoms with van der Waals surface area (Å²) in [6.45, 7) is 10.8. The van der Waals surface area contributed by atoms with Crippen LogP contribution < -0.4 is 0 Å². The van der Waals surface area contributed by atoms with Crippen molar-refractivity contribution in [1.29, 1.82) is 0 Å². The summed E-state index contributed by atoms with van der Waals surface area (Å²) in [6, 6.07) is 9.68. The highest BCUT2D eigenvalue weighted by Crippen LogP contribution is 2.42. The molecule has 1 aromatic rings. The first-order valence-corrected chi connectivity index (χ1v) is 9.17. The quantitative estimate of drug-likeness (QED) is 0.688. The van der Waals surface area contributed by atoms with Crippen LogP contribution in [0.2, 0.25) is 0 Å². The summed E-state index contributed by atoms with van der Waals surface area (Å²) in [4.78, 5) is 1.84. The van der Waals surface area contributed by atoms with Crippen LogP contribution in [0.5, 0.6) is 0 Å². The summed E-state index contributed by atoms with van der Waals surface area (Å²) in [5.41, 5.74) is 2.71. The van der Waals surface area contributed by atoms with Crippen LogP contribution in [0.15, 0.2) is 70.0 Å². The molecule has 1 aliphatic rings. The summed E-state index contributed by atoms with van der Waals surface area (Å²) in [6.07, 6.45) is 8.47. The van der Waals surface area contributed by atoms with Crippen molar-refractivity contribution >= 4 is 10.8 Å². The first-order valence-electron chi connectivity index (χ1n) is 8.02. The van der Waals surface area contributed by atoms with E-state index < -0.39 is 10.8 Å². The van der Waals surface area contributed by atoms with Crippen molar-refractivity contribution in [3.63, 3.8) is 0 Å². The Morgan fingerprint density at radius 3 is 2.59 bits per heavy atom. The molecule has 1 aliphatic carbocycles. The molecule has 0 spiro atoms. The van der Waals surface area contributed by atoms with Crippen LogP contribution in [0, 0.1) is 5.41 Å². The molecule has 118 valence electrons. The van der Waals surface area contributed by atoms with Crippen molar-refractivity contribution < 1.29 is 4.21 Å². The number of hydrogen-bond donors (Lipinski definition) is 0. The van der Waals surface area contributed by atoms with Crippen LogP contribution in [0.1, 0.15) is 46.5 Å². The van der Waals surface area contributed by atoms with E-state index in [-0.39, 0.29) is 5.41 Å². The van der Waals surface area contributed by atoms with Crippen LogP contribution >= 0.6 is 0 Å². The average Bonchev–Trinajstić information content (AvgIpc) is 2.50. The maximum atomic E-state index is 12.7. The third-order valence-electron chi connectivity index (χ3n) is 4.37. The molecule has 0 bridgehead atoms. The standard InChI is InChI=1S/C20H26OS/c1-5-17(22(21)18-11-7-6-8-12-18)13-14-19-16(2)10-9-15-20(19,3)4/h6-8,11-14H,2,5,9-10,15H2,1,3-4H3/b17-13+,19-14+. The molecule has 0 radical (unpaired) electrons. The van der Waals surface area contributed by atoms with Gasteiger partial charge in [0.15, 0.2) is 0 Å². The Morgan fingerprint density at radius 1 is 1.32 bits per heavy atom. The fourth-order valence-electron chi connectivity index (χ4n) is 3.02. The highest BCUT2D eigenvalue weighted by atomic mass is 32.2. The molecule has 0 amide bonds. The van der Waals surface area contributed by atoms with Crippen LogP contribution in [0.4, 0.5) is 0 Å². The number of benzene rings is 1. The molecule has 0 N–H and O–H groups in total. The molecule has 1 fully saturated rings. The van der Waals surface area contributed by atoms with Gasteiger partial charge >= 0.3 is 0 Å². The lowest BCUT2D eigenvalue weighted by atomic mass is 9.71. The third kappa shape index (κ3) is 3.86. The Balaban J connectivity index is 2.31. The molecule has 1 nitrogen and oxygen atoms in total. The zero-order valence-electron chi connectivity index (χ0n) is 13.9. The van der Waals surface area contributed by atoms with Gasteiger partial charge in [-0.15, -0.1) is 0 Å². The van der Waals surface area contributed by atoms with Gasteiger partial charge in [0.25, 0.3) is 0 Å². The van der Waals surface area contributed by atoms with Gasteiger partial charge in [-0.05, 0) is 54.9 Å². The highest BCUT2D eigenvalue weighted by Gasteiger charge is 2.28. The molecule has 1 saturated carbocycles. The van der Waals surface area contributed by atoms with Crippen LogP contribution in [0.25, 0.3) is 0 Å². The van der Waals surface area contributed by atoms with E-state index in [4.69, 9.17) is 0 Å². The van der Waals surface area contributed by atoms with Gasteiger partial charge < -0.3 is 0 Å². The van der Waals surface area contributed by atoms with E-state index in [1.807, 2.05) is 30.3 Å². The predicted octanol–water partition coefficient (Wildman–Crippen LogP) is 5.78. The van der Waals surface area contributed by atoms with E-state index in [0.29, 0.717) is 0 Å². The Labute approximate surface area is 137 Å². The Bertz CT molecular complexity index is 620. The van der Waals surface area contributed by atoms with Crippen LogP contribution in [-0.4, -0.2) is 4.21 Å². The third-order valence-corrected chi connectivity index (χ3v) is 5.97. The maximum absolute atomic E-state index is 12.7. The first-order chi connectivity index (χ1) is 10.5. The van der Waals surface area contributed by atoms with E-state index in [9.17, 15) is 4.21 Å². The fraction of sp³-hybridized carbons (Fsp3) is 0.400. The van der Waals surface area contributed by atoms with Crippen molar-refractivity contribution in [3.8, 4) is 0 Å². The first kappa shape index (κ1) is 17.0. The minimum Gasteiger partial charge on any atom is -0.249 e. The molecule has 2 rings (SSSR count). The van der Waals surface area contributed by atoms with Crippen LogP contribution in [0.3, 0.4) is 0 Å². The average molecular weight is 314 g/mol. The summed E-state index contributed by atoms with van der Waals surface area (Å²) < 4.78 is 12.7. The molecule has 22 heavy (non-hydrogen) atoms. The van der Waals surface area contributed by atoms with Gasteiger partial charge in [-0.25, -0.2) is 4.21 Å². The molecule has 0 saturated heterocycles. The van der Waals surface area contributed by atoms with Gasteiger partial charge in [-0.3, -0.25) is 0 Å². The summed E-state index contributed by atoms with van der Waals surface area (Å²) >= 11 is 0. The zero-order valence-corrected chi connectivity index (χ0v) is 14.7. The molecule has 0 heterocycles. The zero-order chi connectivity index (χ0) is 16.2. The van der Waals surface area contributed by atoms with Gasteiger partial charge in [0.1, 0.15) is 0 Å². The number of allylic oxidation sites excluding steroid dienone is 5. The van der Waals surface area contributed by atoms with E-state index in [1.54, 1.807) is 0 Å². The monoisotopic (exact) mass is 314 g/mol. The Morgan fingerprint density at radius 2 is 2.00 bits per heavy atom. The van der Waals surface area contributed by atoms with Gasteiger partial charge in [0.05, 0.1) is 10.8 Å². The van der Waals surface area contributed by atoms with E-state index in [2.05, 4.69) is 39.5 Å². The molecule has 2 heteroatoms. The van der Waals surface area contributed by atoms with Gasteiger partial charge in [-0.1, -0.05) is 57.2 Å². The maximum Gasteiger partial charge on any atom is 0.0808 e. The molecular weight excluding hydrogens is 288 g/mol. The minimum absolute atomic E-state index is 0.166. The van der Waals surface area contributed by atoms with Crippen molar-refractivity contribution in [2.24, 2.45) is 5.41 Å². The molecule has 1 unspecified atom stereocenters. The molecule has 0 aromatic heterocycles. The van der Waals surface area contributed by atoms with Crippen molar-refractivity contribution in [1.82, 2.24) is 0 Å². The van der Waals surface area contributed by atoms with Crippen molar-refractivity contribution in [3.05, 3.63) is 65.1 Å². The van der Waals surface area contributed by atoms with Crippen LogP contribution in [-0.2, 0) is 10.8 Å². The second-order valence-corrected chi connectivity index (χ2v) is 8.02. The lowest BCUT2D eigenvalue weighted by molar-refractivity contribution is 0.371. The molecule has 0 aliphatic heterocycles. The smallest absolute Gasteiger partial charge is 0.0808 e. The lowest BCUT2D eigenvalue weighted by Crippen LogP contribution is -2.20. The SMILES string of the molecule is C=C1CCCC(C)(C)/C1=C/C=C(\CC)S(=O)c1ccccc1. The molecular formula is C20H26OS. The summed E-state index contributed by atoms with van der Waals surface area (Å²) in [7, 11) is -1.07. The second kappa shape index (κ2) is 7.23. The van der Waals surface area contributed by atoms with Crippen molar-refractivity contribution in [2.45, 2.75) is 51.3 Å². The van der Waals surface area contributed by atoms with E-state index in [0.717, 1.165) is 22.6 Å².